The Bertz CT molecular complexity index is 329. The zero-order valence-corrected chi connectivity index (χ0v) is 7.76. The lowest BCUT2D eigenvalue weighted by Crippen LogP contribution is -2.03. The number of anilines is 2. The molecule has 4 N–H and O–H groups in total. The van der Waals surface area contributed by atoms with Crippen molar-refractivity contribution < 1.29 is 9.53 Å². The topological polar surface area (TPSA) is 78.3 Å². The Labute approximate surface area is 80.4 Å². The fourth-order valence-electron chi connectivity index (χ4n) is 0.866. The number of carbonyl (C=O) groups is 1. The fraction of sp³-hybridized carbons (Fsp3) is 0.125. The number of hydrogen-bond donors (Lipinski definition) is 2. The molecule has 0 saturated heterocycles. The number of carbonyl (C=O) groups excluding carboxylic acids is 1. The first kappa shape index (κ1) is 9.67. The minimum absolute atomic E-state index is 0.274. The van der Waals surface area contributed by atoms with Crippen molar-refractivity contribution >= 4 is 28.9 Å². The molecule has 4 nitrogen and oxygen atoms in total. The third kappa shape index (κ3) is 2.26. The predicted octanol–water partition coefficient (Wildman–Crippen LogP) is 1.43. The summed E-state index contributed by atoms with van der Waals surface area (Å²) >= 11 is 5.70. The van der Waals surface area contributed by atoms with E-state index in [4.69, 9.17) is 27.8 Å². The minimum Gasteiger partial charge on any atom is -0.427 e. The summed E-state index contributed by atoms with van der Waals surface area (Å²) in [5.41, 5.74) is 11.6. The minimum atomic E-state index is -0.430. The van der Waals surface area contributed by atoms with E-state index in [-0.39, 0.29) is 16.4 Å². The monoisotopic (exact) mass is 200 g/mol. The molecule has 0 aliphatic carbocycles. The predicted molar refractivity (Wildman–Crippen MR) is 51.6 cm³/mol. The van der Waals surface area contributed by atoms with Gasteiger partial charge in [0.15, 0.2) is 0 Å². The summed E-state index contributed by atoms with van der Waals surface area (Å²) in [5.74, 6) is -0.131. The highest BCUT2D eigenvalue weighted by Crippen LogP contribution is 2.30. The van der Waals surface area contributed by atoms with Gasteiger partial charge in [0.2, 0.25) is 0 Å². The van der Waals surface area contributed by atoms with E-state index in [0.717, 1.165) is 0 Å². The van der Waals surface area contributed by atoms with Crippen molar-refractivity contribution in [2.24, 2.45) is 0 Å². The van der Waals surface area contributed by atoms with E-state index in [9.17, 15) is 4.79 Å². The van der Waals surface area contributed by atoms with Crippen molar-refractivity contribution in [3.63, 3.8) is 0 Å². The number of esters is 1. The molecule has 0 aromatic heterocycles. The summed E-state index contributed by atoms with van der Waals surface area (Å²) in [4.78, 5) is 10.6. The van der Waals surface area contributed by atoms with Crippen LogP contribution in [0.15, 0.2) is 12.1 Å². The van der Waals surface area contributed by atoms with Crippen LogP contribution in [0.1, 0.15) is 6.92 Å². The number of rotatable bonds is 1. The number of benzene rings is 1. The van der Waals surface area contributed by atoms with E-state index < -0.39 is 5.97 Å². The first-order valence-electron chi connectivity index (χ1n) is 3.53. The maximum atomic E-state index is 10.6. The van der Waals surface area contributed by atoms with Gasteiger partial charge in [-0.1, -0.05) is 11.6 Å². The lowest BCUT2D eigenvalue weighted by atomic mass is 10.2. The van der Waals surface area contributed by atoms with Crippen LogP contribution in [-0.2, 0) is 4.79 Å². The van der Waals surface area contributed by atoms with Crippen LogP contribution in [0.2, 0.25) is 5.02 Å². The summed E-state index contributed by atoms with van der Waals surface area (Å²) in [6.45, 7) is 1.29. The Morgan fingerprint density at radius 3 is 2.23 bits per heavy atom. The van der Waals surface area contributed by atoms with E-state index in [2.05, 4.69) is 0 Å². The first-order valence-corrected chi connectivity index (χ1v) is 3.91. The molecule has 0 unspecified atom stereocenters. The van der Waals surface area contributed by atoms with Gasteiger partial charge in [-0.2, -0.15) is 0 Å². The molecule has 5 heteroatoms. The van der Waals surface area contributed by atoms with Crippen LogP contribution in [0.5, 0.6) is 5.75 Å². The number of halogens is 1. The molecule has 1 aromatic rings. The fourth-order valence-corrected chi connectivity index (χ4v) is 0.976. The highest BCUT2D eigenvalue weighted by atomic mass is 35.5. The highest BCUT2D eigenvalue weighted by molar-refractivity contribution is 6.35. The van der Waals surface area contributed by atoms with Crippen LogP contribution in [0, 0.1) is 0 Å². The molecule has 0 atom stereocenters. The Kier molecular flexibility index (Phi) is 2.63. The number of ether oxygens (including phenoxy) is 1. The normalized spacial score (nSPS) is 9.69. The van der Waals surface area contributed by atoms with Gasteiger partial charge in [-0.3, -0.25) is 4.79 Å². The lowest BCUT2D eigenvalue weighted by molar-refractivity contribution is -0.131. The number of hydrogen-bond acceptors (Lipinski definition) is 4. The van der Waals surface area contributed by atoms with Crippen LogP contribution in [0.4, 0.5) is 11.4 Å². The quantitative estimate of drug-likeness (QED) is 0.408. The summed E-state index contributed by atoms with van der Waals surface area (Å²) in [7, 11) is 0. The Morgan fingerprint density at radius 2 is 1.85 bits per heavy atom. The zero-order valence-electron chi connectivity index (χ0n) is 7.00. The average Bonchev–Trinajstić information content (AvgIpc) is 1.98. The maximum Gasteiger partial charge on any atom is 0.308 e. The van der Waals surface area contributed by atoms with Gasteiger partial charge in [0, 0.05) is 19.1 Å². The van der Waals surface area contributed by atoms with Crippen molar-refractivity contribution in [3.8, 4) is 5.75 Å². The van der Waals surface area contributed by atoms with Crippen molar-refractivity contribution in [2.75, 3.05) is 11.5 Å². The van der Waals surface area contributed by atoms with E-state index in [1.165, 1.54) is 19.1 Å². The summed E-state index contributed by atoms with van der Waals surface area (Å²) in [5, 5.41) is 0.274. The third-order valence-electron chi connectivity index (χ3n) is 1.36. The van der Waals surface area contributed by atoms with Crippen LogP contribution in [0.25, 0.3) is 0 Å². The van der Waals surface area contributed by atoms with E-state index in [1.807, 2.05) is 0 Å². The van der Waals surface area contributed by atoms with Crippen LogP contribution >= 0.6 is 11.6 Å². The molecule has 70 valence electrons. The number of nitrogen functional groups attached to an aromatic ring is 2. The van der Waals surface area contributed by atoms with E-state index in [0.29, 0.717) is 5.75 Å². The van der Waals surface area contributed by atoms with E-state index >= 15 is 0 Å². The summed E-state index contributed by atoms with van der Waals surface area (Å²) in [6, 6.07) is 2.89. The molecule has 0 spiro atoms. The van der Waals surface area contributed by atoms with Crippen molar-refractivity contribution in [3.05, 3.63) is 17.2 Å². The molecule has 1 aromatic carbocycles. The summed E-state index contributed by atoms with van der Waals surface area (Å²) in [6.07, 6.45) is 0. The molecule has 0 heterocycles. The molecule has 0 bridgehead atoms. The molecule has 0 aliphatic rings. The average molecular weight is 201 g/mol. The molecular formula is C8H9ClN2O2. The Hall–Kier alpha value is -1.42. The Morgan fingerprint density at radius 1 is 1.38 bits per heavy atom. The first-order chi connectivity index (χ1) is 6.00. The molecule has 0 radical (unpaired) electrons. The SMILES string of the molecule is CC(=O)Oc1cc(N)c(Cl)c(N)c1. The second-order valence-electron chi connectivity index (χ2n) is 2.51. The summed E-state index contributed by atoms with van der Waals surface area (Å²) < 4.78 is 4.77. The molecule has 0 fully saturated rings. The van der Waals surface area contributed by atoms with Gasteiger partial charge in [0.1, 0.15) is 5.75 Å². The van der Waals surface area contributed by atoms with Crippen LogP contribution in [-0.4, -0.2) is 5.97 Å². The van der Waals surface area contributed by atoms with Crippen LogP contribution < -0.4 is 16.2 Å². The molecule has 0 saturated carbocycles. The molecule has 0 amide bonds. The van der Waals surface area contributed by atoms with Gasteiger partial charge < -0.3 is 16.2 Å². The van der Waals surface area contributed by atoms with Crippen molar-refractivity contribution in [1.29, 1.82) is 0 Å². The van der Waals surface area contributed by atoms with Gasteiger partial charge in [0.25, 0.3) is 0 Å². The van der Waals surface area contributed by atoms with Gasteiger partial charge in [-0.25, -0.2) is 0 Å². The standard InChI is InChI=1S/C8H9ClN2O2/c1-4(12)13-5-2-6(10)8(9)7(11)3-5/h2-3H,10-11H2,1H3. The van der Waals surface area contributed by atoms with Gasteiger partial charge in [-0.15, -0.1) is 0 Å². The second-order valence-corrected chi connectivity index (χ2v) is 2.89. The highest BCUT2D eigenvalue weighted by Gasteiger charge is 2.05. The maximum absolute atomic E-state index is 10.6. The third-order valence-corrected chi connectivity index (χ3v) is 1.80. The lowest BCUT2D eigenvalue weighted by Gasteiger charge is -2.06. The van der Waals surface area contributed by atoms with Crippen LogP contribution in [0.3, 0.4) is 0 Å². The second kappa shape index (κ2) is 3.53. The van der Waals surface area contributed by atoms with E-state index in [1.54, 1.807) is 0 Å². The smallest absolute Gasteiger partial charge is 0.308 e. The van der Waals surface area contributed by atoms with Crippen molar-refractivity contribution in [2.45, 2.75) is 6.92 Å². The van der Waals surface area contributed by atoms with Crippen molar-refractivity contribution in [1.82, 2.24) is 0 Å². The van der Waals surface area contributed by atoms with Gasteiger partial charge in [-0.05, 0) is 0 Å². The molecule has 0 aliphatic heterocycles. The Balaban J connectivity index is 3.06. The molecular weight excluding hydrogens is 192 g/mol. The molecule has 1 rings (SSSR count). The largest absolute Gasteiger partial charge is 0.427 e. The zero-order chi connectivity index (χ0) is 10.0. The van der Waals surface area contributed by atoms with Gasteiger partial charge in [0.05, 0.1) is 16.4 Å². The number of nitrogens with two attached hydrogens (primary N) is 2. The molecule has 13 heavy (non-hydrogen) atoms. The van der Waals surface area contributed by atoms with Gasteiger partial charge >= 0.3 is 5.97 Å².